The summed E-state index contributed by atoms with van der Waals surface area (Å²) in [6.45, 7) is -0.632. The smallest absolute Gasteiger partial charge is 0.342 e. The Labute approximate surface area is 174 Å². The zero-order valence-electron chi connectivity index (χ0n) is 15.7. The molecular formula is C21H18N2O6S. The van der Waals surface area contributed by atoms with Gasteiger partial charge in [0.2, 0.25) is 0 Å². The van der Waals surface area contributed by atoms with Crippen molar-refractivity contribution in [1.29, 1.82) is 0 Å². The lowest BCUT2D eigenvalue weighted by Gasteiger charge is -2.10. The number of hydrogen-bond acceptors (Lipinski definition) is 7. The molecule has 1 heterocycles. The molecule has 9 heteroatoms. The van der Waals surface area contributed by atoms with E-state index < -0.39 is 24.4 Å². The number of benzene rings is 2. The van der Waals surface area contributed by atoms with E-state index in [9.17, 15) is 24.6 Å². The minimum absolute atomic E-state index is 0.195. The molecular weight excluding hydrogens is 408 g/mol. The molecule has 8 nitrogen and oxygen atoms in total. The minimum Gasteiger partial charge on any atom is -0.507 e. The number of anilines is 1. The van der Waals surface area contributed by atoms with Gasteiger partial charge in [0, 0.05) is 15.6 Å². The molecule has 0 aliphatic heterocycles. The van der Waals surface area contributed by atoms with E-state index >= 15 is 0 Å². The maximum atomic E-state index is 12.4. The maximum Gasteiger partial charge on any atom is 0.342 e. The minimum atomic E-state index is -0.965. The van der Waals surface area contributed by atoms with E-state index in [2.05, 4.69) is 5.32 Å². The highest BCUT2D eigenvalue weighted by Gasteiger charge is 2.26. The van der Waals surface area contributed by atoms with Crippen molar-refractivity contribution in [2.24, 2.45) is 5.73 Å². The molecule has 4 rings (SSSR count). The van der Waals surface area contributed by atoms with Gasteiger partial charge in [-0.3, -0.25) is 9.59 Å². The molecule has 0 fully saturated rings. The van der Waals surface area contributed by atoms with Crippen molar-refractivity contribution in [1.82, 2.24) is 0 Å². The Balaban J connectivity index is 1.48. The Morgan fingerprint density at radius 2 is 1.87 bits per heavy atom. The van der Waals surface area contributed by atoms with Gasteiger partial charge in [-0.05, 0) is 30.9 Å². The number of primary amides is 1. The third kappa shape index (κ3) is 3.43. The van der Waals surface area contributed by atoms with Gasteiger partial charge in [0.25, 0.3) is 11.8 Å². The van der Waals surface area contributed by atoms with Crippen LogP contribution in [0.5, 0.6) is 11.5 Å². The second-order valence-electron chi connectivity index (χ2n) is 6.89. The van der Waals surface area contributed by atoms with Crippen LogP contribution in [0.3, 0.4) is 0 Å². The summed E-state index contributed by atoms with van der Waals surface area (Å²) in [4.78, 5) is 37.4. The first kappa shape index (κ1) is 19.7. The molecule has 1 aliphatic rings. The first-order valence-corrected chi connectivity index (χ1v) is 10.0. The summed E-state index contributed by atoms with van der Waals surface area (Å²) in [6, 6.07) is 7.58. The Bertz CT molecular complexity index is 1200. The highest BCUT2D eigenvalue weighted by molar-refractivity contribution is 7.17. The van der Waals surface area contributed by atoms with Crippen molar-refractivity contribution in [3.8, 4) is 11.5 Å². The van der Waals surface area contributed by atoms with Crippen LogP contribution in [-0.4, -0.2) is 34.6 Å². The largest absolute Gasteiger partial charge is 0.507 e. The van der Waals surface area contributed by atoms with Crippen molar-refractivity contribution in [3.05, 3.63) is 51.9 Å². The molecule has 2 amide bonds. The fraction of sp³-hybridized carbons (Fsp3) is 0.190. The van der Waals surface area contributed by atoms with Gasteiger partial charge in [-0.2, -0.15) is 0 Å². The number of thiophene rings is 1. The van der Waals surface area contributed by atoms with E-state index in [0.29, 0.717) is 16.0 Å². The van der Waals surface area contributed by atoms with E-state index in [-0.39, 0.29) is 22.4 Å². The predicted molar refractivity (Wildman–Crippen MR) is 111 cm³/mol. The number of phenolic OH excluding ortho intramolecular Hbond substituents is 2. The number of phenols is 2. The lowest BCUT2D eigenvalue weighted by Crippen LogP contribution is -2.22. The highest BCUT2D eigenvalue weighted by atomic mass is 32.1. The molecule has 0 saturated carbocycles. The summed E-state index contributed by atoms with van der Waals surface area (Å²) in [5.74, 6) is -2.76. The number of carbonyl (C=O) groups excluding carboxylic acids is 3. The Morgan fingerprint density at radius 1 is 1.13 bits per heavy atom. The second kappa shape index (κ2) is 7.68. The van der Waals surface area contributed by atoms with Crippen LogP contribution in [0.4, 0.5) is 5.00 Å². The van der Waals surface area contributed by atoms with Crippen LogP contribution < -0.4 is 11.1 Å². The molecule has 0 atom stereocenters. The number of nitrogens with two attached hydrogens (primary N) is 1. The van der Waals surface area contributed by atoms with Crippen molar-refractivity contribution >= 4 is 44.9 Å². The molecule has 1 aliphatic carbocycles. The van der Waals surface area contributed by atoms with Crippen LogP contribution >= 0.6 is 11.3 Å². The van der Waals surface area contributed by atoms with Crippen LogP contribution in [0.2, 0.25) is 0 Å². The van der Waals surface area contributed by atoms with Gasteiger partial charge in [0.05, 0.1) is 5.56 Å². The summed E-state index contributed by atoms with van der Waals surface area (Å²) in [7, 11) is 0. The average Bonchev–Trinajstić information content (AvgIpc) is 3.29. The molecule has 0 radical (unpaired) electrons. The summed E-state index contributed by atoms with van der Waals surface area (Å²) in [5.41, 5.74) is 6.39. The third-order valence-corrected chi connectivity index (χ3v) is 6.18. The van der Waals surface area contributed by atoms with Gasteiger partial charge in [0.1, 0.15) is 22.1 Å². The van der Waals surface area contributed by atoms with Crippen molar-refractivity contribution in [3.63, 3.8) is 0 Å². The molecule has 3 aromatic rings. The van der Waals surface area contributed by atoms with E-state index in [1.807, 2.05) is 0 Å². The number of carbonyl (C=O) groups is 3. The van der Waals surface area contributed by atoms with Crippen LogP contribution in [0.15, 0.2) is 30.3 Å². The molecule has 0 spiro atoms. The van der Waals surface area contributed by atoms with E-state index in [1.165, 1.54) is 11.3 Å². The quantitative estimate of drug-likeness (QED) is 0.365. The monoisotopic (exact) mass is 426 g/mol. The van der Waals surface area contributed by atoms with Gasteiger partial charge in [-0.15, -0.1) is 11.3 Å². The Morgan fingerprint density at radius 3 is 2.60 bits per heavy atom. The highest BCUT2D eigenvalue weighted by Crippen LogP contribution is 2.39. The number of fused-ring (bicyclic) bond motifs is 2. The van der Waals surface area contributed by atoms with E-state index in [4.69, 9.17) is 10.5 Å². The fourth-order valence-corrected chi connectivity index (χ4v) is 4.93. The number of rotatable bonds is 5. The summed E-state index contributed by atoms with van der Waals surface area (Å²) < 4.78 is 4.99. The number of esters is 1. The lowest BCUT2D eigenvalue weighted by atomic mass is 10.0. The Hall–Kier alpha value is -3.59. The SMILES string of the molecule is NC(=O)c1c(NC(=O)COC(=O)c2cc(O)c3ccccc3c2O)sc2c1CCC2. The van der Waals surface area contributed by atoms with Crippen LogP contribution in [0.1, 0.15) is 37.6 Å². The van der Waals surface area contributed by atoms with Gasteiger partial charge in [-0.1, -0.05) is 24.3 Å². The molecule has 154 valence electrons. The normalized spacial score (nSPS) is 12.5. The average molecular weight is 426 g/mol. The maximum absolute atomic E-state index is 12.4. The topological polar surface area (TPSA) is 139 Å². The van der Waals surface area contributed by atoms with Crippen molar-refractivity contribution in [2.45, 2.75) is 19.3 Å². The molecule has 0 bridgehead atoms. The molecule has 0 unspecified atom stereocenters. The van der Waals surface area contributed by atoms with E-state index in [0.717, 1.165) is 35.8 Å². The number of aryl methyl sites for hydroxylation is 1. The standard InChI is InChI=1S/C21H18N2O6S/c22-19(27)17-12-6-3-7-15(12)30-20(17)23-16(25)9-29-21(28)13-8-14(24)10-4-1-2-5-11(10)18(13)26/h1-2,4-5,8,24,26H,3,6-7,9H2,(H2,22,27)(H,23,25). The zero-order valence-corrected chi connectivity index (χ0v) is 16.5. The molecule has 2 aromatic carbocycles. The molecule has 5 N–H and O–H groups in total. The van der Waals surface area contributed by atoms with Gasteiger partial charge in [0.15, 0.2) is 6.61 Å². The van der Waals surface area contributed by atoms with Gasteiger partial charge < -0.3 is 26.0 Å². The summed E-state index contributed by atoms with van der Waals surface area (Å²) in [5, 5.41) is 24.0. The third-order valence-electron chi connectivity index (χ3n) is 4.97. The number of hydrogen-bond donors (Lipinski definition) is 4. The van der Waals surface area contributed by atoms with Gasteiger partial charge in [-0.25, -0.2) is 4.79 Å². The first-order valence-electron chi connectivity index (χ1n) is 9.21. The molecule has 30 heavy (non-hydrogen) atoms. The number of nitrogens with one attached hydrogen (secondary N) is 1. The van der Waals surface area contributed by atoms with Crippen molar-refractivity contribution in [2.75, 3.05) is 11.9 Å². The predicted octanol–water partition coefficient (Wildman–Crippen LogP) is 2.70. The van der Waals surface area contributed by atoms with Crippen LogP contribution in [0, 0.1) is 0 Å². The number of amides is 2. The number of aromatic hydroxyl groups is 2. The fourth-order valence-electron chi connectivity index (χ4n) is 3.62. The van der Waals surface area contributed by atoms with Gasteiger partial charge >= 0.3 is 5.97 Å². The molecule has 0 saturated heterocycles. The Kier molecular flexibility index (Phi) is 5.04. The second-order valence-corrected chi connectivity index (χ2v) is 7.99. The summed E-state index contributed by atoms with van der Waals surface area (Å²) >= 11 is 1.30. The lowest BCUT2D eigenvalue weighted by molar-refractivity contribution is -0.119. The summed E-state index contributed by atoms with van der Waals surface area (Å²) in [6.07, 6.45) is 2.50. The van der Waals surface area contributed by atoms with Crippen molar-refractivity contribution < 1.29 is 29.3 Å². The number of ether oxygens (including phenoxy) is 1. The van der Waals surface area contributed by atoms with Crippen LogP contribution in [0.25, 0.3) is 10.8 Å². The zero-order chi connectivity index (χ0) is 21.4. The molecule has 1 aromatic heterocycles. The van der Waals surface area contributed by atoms with E-state index in [1.54, 1.807) is 24.3 Å². The van der Waals surface area contributed by atoms with Crippen LogP contribution in [-0.2, 0) is 22.4 Å². The first-order chi connectivity index (χ1) is 14.4.